The van der Waals surface area contributed by atoms with Crippen molar-refractivity contribution < 1.29 is 9.90 Å². The van der Waals surface area contributed by atoms with Crippen molar-refractivity contribution in [1.82, 2.24) is 0 Å². The summed E-state index contributed by atoms with van der Waals surface area (Å²) in [5.41, 5.74) is 3.50. The lowest BCUT2D eigenvalue weighted by Crippen LogP contribution is -2.21. The first kappa shape index (κ1) is 13.0. The van der Waals surface area contributed by atoms with Gasteiger partial charge in [-0.1, -0.05) is 35.9 Å². The lowest BCUT2D eigenvalue weighted by molar-refractivity contribution is 0.0698. The number of carboxylic acids is 1. The van der Waals surface area contributed by atoms with Crippen molar-refractivity contribution >= 4 is 23.3 Å². The Kier molecular flexibility index (Phi) is 3.36. The maximum Gasteiger partial charge on any atom is 0.337 e. The number of hydrogen-bond donors (Lipinski definition) is 2. The van der Waals surface area contributed by atoms with Gasteiger partial charge >= 0.3 is 5.97 Å². The van der Waals surface area contributed by atoms with E-state index in [-0.39, 0.29) is 11.6 Å². The topological polar surface area (TPSA) is 49.3 Å². The number of carbonyl (C=O) groups is 1. The fourth-order valence-electron chi connectivity index (χ4n) is 2.70. The summed E-state index contributed by atoms with van der Waals surface area (Å²) in [4.78, 5) is 11.3. The fraction of sp³-hybridized carbons (Fsp3) is 0.188. The molecule has 2 aromatic carbocycles. The van der Waals surface area contributed by atoms with Crippen LogP contribution in [-0.2, 0) is 12.8 Å². The van der Waals surface area contributed by atoms with E-state index in [9.17, 15) is 9.90 Å². The fourth-order valence-corrected chi connectivity index (χ4v) is 2.87. The van der Waals surface area contributed by atoms with E-state index in [4.69, 9.17) is 11.6 Å². The summed E-state index contributed by atoms with van der Waals surface area (Å²) >= 11 is 5.86. The molecule has 0 amide bonds. The summed E-state index contributed by atoms with van der Waals surface area (Å²) in [6.45, 7) is 0. The Labute approximate surface area is 122 Å². The van der Waals surface area contributed by atoms with E-state index in [0.717, 1.165) is 12.8 Å². The van der Waals surface area contributed by atoms with E-state index in [0.29, 0.717) is 10.7 Å². The highest BCUT2D eigenvalue weighted by atomic mass is 35.5. The Morgan fingerprint density at radius 2 is 1.80 bits per heavy atom. The molecule has 0 aromatic heterocycles. The van der Waals surface area contributed by atoms with Gasteiger partial charge in [-0.2, -0.15) is 0 Å². The average Bonchev–Trinajstić information content (AvgIpc) is 2.82. The highest BCUT2D eigenvalue weighted by molar-refractivity contribution is 6.31. The van der Waals surface area contributed by atoms with Crippen LogP contribution in [0, 0.1) is 0 Å². The third-order valence-electron chi connectivity index (χ3n) is 3.62. The summed E-state index contributed by atoms with van der Waals surface area (Å²) in [6, 6.07) is 13.5. The summed E-state index contributed by atoms with van der Waals surface area (Å²) in [6.07, 6.45) is 1.83. The SMILES string of the molecule is O=C(O)c1cc(Cl)ccc1NC1Cc2ccccc2C1. The van der Waals surface area contributed by atoms with Gasteiger partial charge in [-0.05, 0) is 42.2 Å². The number of fused-ring (bicyclic) bond motifs is 1. The molecule has 0 spiro atoms. The highest BCUT2D eigenvalue weighted by Crippen LogP contribution is 2.27. The number of anilines is 1. The number of nitrogens with one attached hydrogen (secondary N) is 1. The molecule has 0 radical (unpaired) electrons. The summed E-state index contributed by atoms with van der Waals surface area (Å²) in [5, 5.41) is 13.0. The normalized spacial score (nSPS) is 14.1. The molecule has 1 aliphatic rings. The Morgan fingerprint density at radius 1 is 1.15 bits per heavy atom. The second-order valence-corrected chi connectivity index (χ2v) is 5.45. The summed E-state index contributed by atoms with van der Waals surface area (Å²) < 4.78 is 0. The Morgan fingerprint density at radius 3 is 2.40 bits per heavy atom. The highest BCUT2D eigenvalue weighted by Gasteiger charge is 2.22. The van der Waals surface area contributed by atoms with Crippen molar-refractivity contribution in [3.8, 4) is 0 Å². The van der Waals surface area contributed by atoms with Crippen LogP contribution in [0.25, 0.3) is 0 Å². The molecule has 4 heteroatoms. The molecule has 3 rings (SSSR count). The van der Waals surface area contributed by atoms with Crippen LogP contribution in [0.5, 0.6) is 0 Å². The van der Waals surface area contributed by atoms with E-state index in [1.54, 1.807) is 12.1 Å². The first-order chi connectivity index (χ1) is 9.63. The molecule has 0 bridgehead atoms. The van der Waals surface area contributed by atoms with Gasteiger partial charge in [0.05, 0.1) is 5.56 Å². The summed E-state index contributed by atoms with van der Waals surface area (Å²) in [5.74, 6) is -0.967. The van der Waals surface area contributed by atoms with Gasteiger partial charge in [0.15, 0.2) is 0 Å². The van der Waals surface area contributed by atoms with Crippen molar-refractivity contribution in [2.24, 2.45) is 0 Å². The molecule has 0 fully saturated rings. The van der Waals surface area contributed by atoms with Crippen LogP contribution in [0.1, 0.15) is 21.5 Å². The molecule has 0 unspecified atom stereocenters. The quantitative estimate of drug-likeness (QED) is 0.906. The predicted molar refractivity (Wildman–Crippen MR) is 79.7 cm³/mol. The van der Waals surface area contributed by atoms with Gasteiger partial charge in [0, 0.05) is 16.8 Å². The molecule has 0 saturated carbocycles. The number of rotatable bonds is 3. The lowest BCUT2D eigenvalue weighted by Gasteiger charge is -2.15. The third-order valence-corrected chi connectivity index (χ3v) is 3.86. The zero-order valence-electron chi connectivity index (χ0n) is 10.8. The maximum atomic E-state index is 11.3. The van der Waals surface area contributed by atoms with Gasteiger partial charge < -0.3 is 10.4 Å². The number of aromatic carboxylic acids is 1. The first-order valence-corrected chi connectivity index (χ1v) is 6.87. The minimum Gasteiger partial charge on any atom is -0.478 e. The molecular formula is C16H14ClNO2. The van der Waals surface area contributed by atoms with Crippen LogP contribution >= 0.6 is 11.6 Å². The number of halogens is 1. The van der Waals surface area contributed by atoms with Crippen molar-refractivity contribution in [1.29, 1.82) is 0 Å². The zero-order valence-corrected chi connectivity index (χ0v) is 11.5. The molecule has 1 aliphatic carbocycles. The molecule has 102 valence electrons. The molecule has 2 N–H and O–H groups in total. The van der Waals surface area contributed by atoms with Gasteiger partial charge in [-0.25, -0.2) is 4.79 Å². The number of benzene rings is 2. The Bertz CT molecular complexity index is 644. The van der Waals surface area contributed by atoms with Gasteiger partial charge in [-0.15, -0.1) is 0 Å². The molecule has 0 saturated heterocycles. The van der Waals surface area contributed by atoms with Crippen molar-refractivity contribution in [2.75, 3.05) is 5.32 Å². The minimum atomic E-state index is -0.967. The average molecular weight is 288 g/mol. The van der Waals surface area contributed by atoms with Gasteiger partial charge in [0.1, 0.15) is 0 Å². The van der Waals surface area contributed by atoms with E-state index in [1.165, 1.54) is 17.2 Å². The van der Waals surface area contributed by atoms with Crippen molar-refractivity contribution in [3.63, 3.8) is 0 Å². The molecular weight excluding hydrogens is 274 g/mol. The largest absolute Gasteiger partial charge is 0.478 e. The maximum absolute atomic E-state index is 11.3. The van der Waals surface area contributed by atoms with Crippen LogP contribution in [0.4, 0.5) is 5.69 Å². The summed E-state index contributed by atoms with van der Waals surface area (Å²) in [7, 11) is 0. The molecule has 3 nitrogen and oxygen atoms in total. The second-order valence-electron chi connectivity index (χ2n) is 5.01. The smallest absolute Gasteiger partial charge is 0.337 e. The van der Waals surface area contributed by atoms with Crippen LogP contribution in [-0.4, -0.2) is 17.1 Å². The number of hydrogen-bond acceptors (Lipinski definition) is 2. The van der Waals surface area contributed by atoms with Gasteiger partial charge in [0.2, 0.25) is 0 Å². The van der Waals surface area contributed by atoms with Crippen molar-refractivity contribution in [2.45, 2.75) is 18.9 Å². The van der Waals surface area contributed by atoms with Gasteiger partial charge in [-0.3, -0.25) is 0 Å². The van der Waals surface area contributed by atoms with E-state index < -0.39 is 5.97 Å². The van der Waals surface area contributed by atoms with Crippen LogP contribution in [0.15, 0.2) is 42.5 Å². The Hall–Kier alpha value is -2.00. The van der Waals surface area contributed by atoms with Crippen LogP contribution in [0.3, 0.4) is 0 Å². The first-order valence-electron chi connectivity index (χ1n) is 6.49. The third kappa shape index (κ3) is 2.49. The Balaban J connectivity index is 1.82. The molecule has 0 heterocycles. The standard InChI is InChI=1S/C16H14ClNO2/c17-12-5-6-15(14(9-12)16(19)20)18-13-7-10-3-1-2-4-11(10)8-13/h1-6,9,13,18H,7-8H2,(H,19,20). The van der Waals surface area contributed by atoms with Crippen LogP contribution < -0.4 is 5.32 Å². The van der Waals surface area contributed by atoms with Crippen molar-refractivity contribution in [3.05, 3.63) is 64.2 Å². The molecule has 20 heavy (non-hydrogen) atoms. The molecule has 0 aliphatic heterocycles. The van der Waals surface area contributed by atoms with Crippen LogP contribution in [0.2, 0.25) is 5.02 Å². The predicted octanol–water partition coefficient (Wildman–Crippen LogP) is 3.62. The zero-order chi connectivity index (χ0) is 14.1. The minimum absolute atomic E-state index is 0.216. The van der Waals surface area contributed by atoms with Gasteiger partial charge in [0.25, 0.3) is 0 Å². The van der Waals surface area contributed by atoms with E-state index in [2.05, 4.69) is 17.4 Å². The molecule has 2 aromatic rings. The molecule has 0 atom stereocenters. The second kappa shape index (κ2) is 5.17. The van der Waals surface area contributed by atoms with E-state index >= 15 is 0 Å². The lowest BCUT2D eigenvalue weighted by atomic mass is 10.1. The monoisotopic (exact) mass is 287 g/mol. The number of carboxylic acid groups (broad SMARTS) is 1. The van der Waals surface area contributed by atoms with E-state index in [1.807, 2.05) is 12.1 Å².